The number of amides is 2. The van der Waals surface area contributed by atoms with Crippen molar-refractivity contribution in [2.45, 2.75) is 18.9 Å². The number of fused-ring (bicyclic) bond motifs is 1. The molecule has 0 unspecified atom stereocenters. The van der Waals surface area contributed by atoms with Crippen LogP contribution in [-0.2, 0) is 0 Å². The molecule has 0 atom stereocenters. The molecule has 6 nitrogen and oxygen atoms in total. The number of likely N-dealkylation sites (tertiary alicyclic amines) is 1. The van der Waals surface area contributed by atoms with Crippen molar-refractivity contribution in [1.29, 1.82) is 0 Å². The molecule has 3 heterocycles. The average molecular weight is 339 g/mol. The van der Waals surface area contributed by atoms with Gasteiger partial charge in [0.15, 0.2) is 5.65 Å². The van der Waals surface area contributed by atoms with Crippen molar-refractivity contribution in [3.8, 4) is 0 Å². The highest BCUT2D eigenvalue weighted by molar-refractivity contribution is 5.89. The minimum Gasteiger partial charge on any atom is -0.324 e. The summed E-state index contributed by atoms with van der Waals surface area (Å²) in [6.07, 6.45) is 5.29. The van der Waals surface area contributed by atoms with Crippen LogP contribution in [-0.4, -0.2) is 38.6 Å². The Balaban J connectivity index is 1.39. The number of carbonyl (C=O) groups excluding carboxylic acids is 1. The molecule has 0 bridgehead atoms. The van der Waals surface area contributed by atoms with Crippen LogP contribution < -0.4 is 5.32 Å². The molecule has 1 aliphatic rings. The van der Waals surface area contributed by atoms with Crippen LogP contribution in [0.25, 0.3) is 11.2 Å². The predicted octanol–water partition coefficient (Wildman–Crippen LogP) is 3.44. The highest BCUT2D eigenvalue weighted by atomic mass is 19.1. The lowest BCUT2D eigenvalue weighted by Crippen LogP contribution is -2.41. The molecule has 128 valence electrons. The second-order valence-corrected chi connectivity index (χ2v) is 6.15. The van der Waals surface area contributed by atoms with Gasteiger partial charge in [0.2, 0.25) is 0 Å². The molecule has 1 saturated heterocycles. The van der Waals surface area contributed by atoms with Crippen LogP contribution in [0.4, 0.5) is 14.9 Å². The number of halogens is 1. The van der Waals surface area contributed by atoms with Crippen LogP contribution in [0, 0.1) is 5.82 Å². The third-order valence-corrected chi connectivity index (χ3v) is 4.57. The number of urea groups is 1. The Labute approximate surface area is 144 Å². The highest BCUT2D eigenvalue weighted by Gasteiger charge is 2.25. The van der Waals surface area contributed by atoms with E-state index >= 15 is 0 Å². The van der Waals surface area contributed by atoms with Gasteiger partial charge in [-0.3, -0.25) is 0 Å². The van der Waals surface area contributed by atoms with E-state index in [1.165, 1.54) is 12.1 Å². The van der Waals surface area contributed by atoms with Crippen LogP contribution in [0.1, 0.15) is 18.9 Å². The van der Waals surface area contributed by atoms with Gasteiger partial charge < -0.3 is 14.8 Å². The zero-order chi connectivity index (χ0) is 17.2. The van der Waals surface area contributed by atoms with E-state index in [0.29, 0.717) is 18.8 Å². The van der Waals surface area contributed by atoms with Gasteiger partial charge in [-0.2, -0.15) is 0 Å². The van der Waals surface area contributed by atoms with Crippen molar-refractivity contribution in [2.75, 3.05) is 18.4 Å². The lowest BCUT2D eigenvalue weighted by atomic mass is 10.1. The van der Waals surface area contributed by atoms with E-state index in [9.17, 15) is 9.18 Å². The summed E-state index contributed by atoms with van der Waals surface area (Å²) in [5.74, 6) is -0.319. The highest BCUT2D eigenvalue weighted by Crippen LogP contribution is 2.26. The maximum Gasteiger partial charge on any atom is 0.321 e. The van der Waals surface area contributed by atoms with Gasteiger partial charge >= 0.3 is 6.03 Å². The van der Waals surface area contributed by atoms with E-state index in [-0.39, 0.29) is 17.9 Å². The fourth-order valence-electron chi connectivity index (χ4n) is 3.22. The number of benzene rings is 1. The number of anilines is 1. The molecule has 4 rings (SSSR count). The van der Waals surface area contributed by atoms with Gasteiger partial charge in [0.25, 0.3) is 0 Å². The number of aromatic nitrogens is 3. The standard InChI is InChI=1S/C18H18FN5O/c19-13-3-5-14(6-4-13)22-18(25)23-10-7-15(8-11-23)24-12-21-16-2-1-9-20-17(16)24/h1-6,9,12,15H,7-8,10-11H2,(H,22,25). The summed E-state index contributed by atoms with van der Waals surface area (Å²) in [5, 5.41) is 2.81. The normalized spacial score (nSPS) is 15.5. The maximum atomic E-state index is 12.9. The lowest BCUT2D eigenvalue weighted by Gasteiger charge is -2.32. The van der Waals surface area contributed by atoms with Crippen molar-refractivity contribution < 1.29 is 9.18 Å². The largest absolute Gasteiger partial charge is 0.324 e. The Morgan fingerprint density at radius 3 is 2.64 bits per heavy atom. The lowest BCUT2D eigenvalue weighted by molar-refractivity contribution is 0.184. The first kappa shape index (κ1) is 15.6. The third kappa shape index (κ3) is 3.17. The number of pyridine rings is 1. The predicted molar refractivity (Wildman–Crippen MR) is 92.8 cm³/mol. The summed E-state index contributed by atoms with van der Waals surface area (Å²) in [6, 6.07) is 9.74. The molecule has 0 spiro atoms. The second kappa shape index (κ2) is 6.51. The van der Waals surface area contributed by atoms with Gasteiger partial charge in [-0.25, -0.2) is 19.2 Å². The van der Waals surface area contributed by atoms with Crippen LogP contribution in [0.3, 0.4) is 0 Å². The number of carbonyl (C=O) groups is 1. The molecule has 1 aromatic carbocycles. The SMILES string of the molecule is O=C(Nc1ccc(F)cc1)N1CCC(n2cnc3cccnc32)CC1. The Morgan fingerprint density at radius 2 is 1.88 bits per heavy atom. The molecule has 1 aliphatic heterocycles. The van der Waals surface area contributed by atoms with Gasteiger partial charge in [0.1, 0.15) is 11.3 Å². The van der Waals surface area contributed by atoms with E-state index in [0.717, 1.165) is 24.0 Å². The van der Waals surface area contributed by atoms with Gasteiger partial charge in [-0.1, -0.05) is 0 Å². The second-order valence-electron chi connectivity index (χ2n) is 6.15. The summed E-state index contributed by atoms with van der Waals surface area (Å²) >= 11 is 0. The van der Waals surface area contributed by atoms with E-state index in [4.69, 9.17) is 0 Å². The summed E-state index contributed by atoms with van der Waals surface area (Å²) < 4.78 is 15.0. The zero-order valence-electron chi connectivity index (χ0n) is 13.6. The first-order chi connectivity index (χ1) is 12.2. The van der Waals surface area contributed by atoms with Gasteiger partial charge in [-0.15, -0.1) is 0 Å². The number of hydrogen-bond donors (Lipinski definition) is 1. The Kier molecular flexibility index (Phi) is 4.05. The molecular formula is C18H18FN5O. The molecule has 1 N–H and O–H groups in total. The number of piperidine rings is 1. The Hall–Kier alpha value is -2.96. The first-order valence-corrected chi connectivity index (χ1v) is 8.30. The molecular weight excluding hydrogens is 321 g/mol. The fraction of sp³-hybridized carbons (Fsp3) is 0.278. The van der Waals surface area contributed by atoms with Crippen molar-refractivity contribution in [3.05, 3.63) is 54.7 Å². The third-order valence-electron chi connectivity index (χ3n) is 4.57. The maximum absolute atomic E-state index is 12.9. The van der Waals surface area contributed by atoms with E-state index < -0.39 is 0 Å². The topological polar surface area (TPSA) is 63.1 Å². The quantitative estimate of drug-likeness (QED) is 0.778. The number of hydrogen-bond acceptors (Lipinski definition) is 3. The van der Waals surface area contributed by atoms with Crippen LogP contribution in [0.15, 0.2) is 48.9 Å². The molecule has 2 amide bonds. The number of nitrogens with one attached hydrogen (secondary N) is 1. The van der Waals surface area contributed by atoms with Crippen molar-refractivity contribution in [1.82, 2.24) is 19.4 Å². The molecule has 0 saturated carbocycles. The fourth-order valence-corrected chi connectivity index (χ4v) is 3.22. The zero-order valence-corrected chi connectivity index (χ0v) is 13.6. The van der Waals surface area contributed by atoms with Gasteiger partial charge in [-0.05, 0) is 49.2 Å². The Bertz CT molecular complexity index is 884. The minimum absolute atomic E-state index is 0.154. The van der Waals surface area contributed by atoms with Crippen molar-refractivity contribution in [3.63, 3.8) is 0 Å². The molecule has 25 heavy (non-hydrogen) atoms. The Morgan fingerprint density at radius 1 is 1.12 bits per heavy atom. The van der Waals surface area contributed by atoms with Crippen LogP contribution in [0.2, 0.25) is 0 Å². The van der Waals surface area contributed by atoms with Gasteiger partial charge in [0.05, 0.1) is 6.33 Å². The smallest absolute Gasteiger partial charge is 0.321 e. The molecule has 0 radical (unpaired) electrons. The van der Waals surface area contributed by atoms with Crippen molar-refractivity contribution >= 4 is 22.9 Å². The molecule has 0 aliphatic carbocycles. The number of nitrogens with zero attached hydrogens (tertiary/aromatic N) is 4. The molecule has 3 aromatic rings. The van der Waals surface area contributed by atoms with Crippen molar-refractivity contribution in [2.24, 2.45) is 0 Å². The summed E-state index contributed by atoms with van der Waals surface area (Å²) in [6.45, 7) is 1.31. The van der Waals surface area contributed by atoms with E-state index in [1.807, 2.05) is 18.5 Å². The average Bonchev–Trinajstić information content (AvgIpc) is 3.08. The van der Waals surface area contributed by atoms with E-state index in [1.54, 1.807) is 23.2 Å². The first-order valence-electron chi connectivity index (χ1n) is 8.30. The van der Waals surface area contributed by atoms with E-state index in [2.05, 4.69) is 19.9 Å². The van der Waals surface area contributed by atoms with Gasteiger partial charge in [0, 0.05) is 31.0 Å². The van der Waals surface area contributed by atoms with Crippen LogP contribution >= 0.6 is 0 Å². The number of rotatable bonds is 2. The summed E-state index contributed by atoms with van der Waals surface area (Å²) in [4.78, 5) is 22.9. The minimum atomic E-state index is -0.319. The monoisotopic (exact) mass is 339 g/mol. The molecule has 7 heteroatoms. The summed E-state index contributed by atoms with van der Waals surface area (Å²) in [7, 11) is 0. The van der Waals surface area contributed by atoms with Crippen LogP contribution in [0.5, 0.6) is 0 Å². The number of imidazole rings is 1. The molecule has 2 aromatic heterocycles. The summed E-state index contributed by atoms with van der Waals surface area (Å²) in [5.41, 5.74) is 2.37. The molecule has 1 fully saturated rings.